The third kappa shape index (κ3) is 3.75. The molecule has 0 aliphatic rings. The Labute approximate surface area is 159 Å². The monoisotopic (exact) mass is 392 g/mol. The lowest BCUT2D eigenvalue weighted by Gasteiger charge is -2.05. The van der Waals surface area contributed by atoms with E-state index in [1.165, 1.54) is 0 Å². The molecule has 1 aromatic carbocycles. The number of esters is 2. The highest BCUT2D eigenvalue weighted by molar-refractivity contribution is 6.31. The molecule has 0 radical (unpaired) electrons. The molecule has 0 fully saturated rings. The number of ether oxygens (including phenoxy) is 2. The number of nitrogens with one attached hydrogen (secondary N) is 1. The number of furan rings is 1. The minimum Gasteiger partial charge on any atom is -0.462 e. The zero-order valence-electron chi connectivity index (χ0n) is 14.9. The minimum absolute atomic E-state index is 0.00282. The average Bonchev–Trinajstić information content (AvgIpc) is 3.15. The molecule has 3 rings (SSSR count). The van der Waals surface area contributed by atoms with Crippen molar-refractivity contribution < 1.29 is 27.9 Å². The minimum atomic E-state index is -0.723. The van der Waals surface area contributed by atoms with Gasteiger partial charge in [-0.2, -0.15) is 4.98 Å². The van der Waals surface area contributed by atoms with Crippen molar-refractivity contribution in [2.24, 2.45) is 0 Å². The molecule has 8 nitrogen and oxygen atoms in total. The number of oxazole rings is 1. The van der Waals surface area contributed by atoms with Crippen LogP contribution in [0.1, 0.15) is 40.3 Å². The molecule has 2 aromatic heterocycles. The first kappa shape index (κ1) is 18.8. The third-order valence-corrected chi connectivity index (χ3v) is 3.85. The van der Waals surface area contributed by atoms with Crippen molar-refractivity contribution in [3.8, 4) is 0 Å². The van der Waals surface area contributed by atoms with Crippen molar-refractivity contribution in [3.63, 3.8) is 0 Å². The lowest BCUT2D eigenvalue weighted by Crippen LogP contribution is -2.14. The van der Waals surface area contributed by atoms with Crippen molar-refractivity contribution >= 4 is 46.5 Å². The number of aromatic nitrogens is 1. The van der Waals surface area contributed by atoms with E-state index in [0.717, 1.165) is 0 Å². The Morgan fingerprint density at radius 1 is 1.11 bits per heavy atom. The molecule has 9 heteroatoms. The smallest absolute Gasteiger partial charge is 0.344 e. The standard InChI is InChI=1S/C18H17ClN2O6/c1-4-24-16(22)13-9(3)26-15(14(13)17(23)25-5-2)21-18-20-11-8-10(19)6-7-12(11)27-18/h6-8H,4-5H2,1-3H3,(H,20,21). The van der Waals surface area contributed by atoms with Gasteiger partial charge in [-0.3, -0.25) is 5.32 Å². The van der Waals surface area contributed by atoms with E-state index in [0.29, 0.717) is 16.1 Å². The summed E-state index contributed by atoms with van der Waals surface area (Å²) < 4.78 is 21.2. The molecular weight excluding hydrogens is 376 g/mol. The Kier molecular flexibility index (Phi) is 5.36. The van der Waals surface area contributed by atoms with Gasteiger partial charge in [-0.25, -0.2) is 9.59 Å². The summed E-state index contributed by atoms with van der Waals surface area (Å²) in [4.78, 5) is 28.9. The van der Waals surface area contributed by atoms with Crippen LogP contribution < -0.4 is 5.32 Å². The maximum absolute atomic E-state index is 12.4. The Morgan fingerprint density at radius 3 is 2.44 bits per heavy atom. The van der Waals surface area contributed by atoms with E-state index in [1.54, 1.807) is 39.0 Å². The van der Waals surface area contributed by atoms with Gasteiger partial charge in [0.25, 0.3) is 0 Å². The van der Waals surface area contributed by atoms with Gasteiger partial charge in [-0.05, 0) is 39.0 Å². The first-order valence-corrected chi connectivity index (χ1v) is 8.63. The normalized spacial score (nSPS) is 10.8. The van der Waals surface area contributed by atoms with Crippen molar-refractivity contribution in [1.29, 1.82) is 0 Å². The molecule has 142 valence electrons. The second-order valence-corrected chi connectivity index (χ2v) is 5.87. The summed E-state index contributed by atoms with van der Waals surface area (Å²) in [7, 11) is 0. The molecule has 0 saturated carbocycles. The van der Waals surface area contributed by atoms with Gasteiger partial charge in [0.15, 0.2) is 5.58 Å². The molecule has 0 aliphatic carbocycles. The van der Waals surface area contributed by atoms with Crippen LogP contribution in [0.2, 0.25) is 5.02 Å². The van der Waals surface area contributed by atoms with Gasteiger partial charge in [-0.15, -0.1) is 0 Å². The summed E-state index contributed by atoms with van der Waals surface area (Å²) in [5.41, 5.74) is 0.940. The molecule has 0 amide bonds. The van der Waals surface area contributed by atoms with E-state index in [4.69, 9.17) is 29.9 Å². The van der Waals surface area contributed by atoms with E-state index >= 15 is 0 Å². The number of benzene rings is 1. The van der Waals surface area contributed by atoms with E-state index in [9.17, 15) is 9.59 Å². The maximum Gasteiger partial charge on any atom is 0.344 e. The third-order valence-electron chi connectivity index (χ3n) is 3.61. The van der Waals surface area contributed by atoms with E-state index in [2.05, 4.69) is 10.3 Å². The lowest BCUT2D eigenvalue weighted by atomic mass is 10.1. The predicted octanol–water partition coefficient (Wildman–Crippen LogP) is 4.48. The second-order valence-electron chi connectivity index (χ2n) is 5.43. The predicted molar refractivity (Wildman–Crippen MR) is 97.7 cm³/mol. The van der Waals surface area contributed by atoms with Crippen molar-refractivity contribution in [1.82, 2.24) is 4.98 Å². The molecule has 0 saturated heterocycles. The van der Waals surface area contributed by atoms with Crippen LogP contribution in [0.4, 0.5) is 11.9 Å². The summed E-state index contributed by atoms with van der Waals surface area (Å²) in [5.74, 6) is -1.22. The Balaban J connectivity index is 2.03. The van der Waals surface area contributed by atoms with Gasteiger partial charge >= 0.3 is 18.0 Å². The van der Waals surface area contributed by atoms with E-state index < -0.39 is 11.9 Å². The second kappa shape index (κ2) is 7.71. The van der Waals surface area contributed by atoms with Crippen LogP contribution >= 0.6 is 11.6 Å². The summed E-state index contributed by atoms with van der Waals surface area (Å²) in [6.07, 6.45) is 0. The summed E-state index contributed by atoms with van der Waals surface area (Å²) in [5, 5.41) is 3.29. The zero-order valence-corrected chi connectivity index (χ0v) is 15.7. The Bertz CT molecular complexity index is 1010. The van der Waals surface area contributed by atoms with Gasteiger partial charge < -0.3 is 18.3 Å². The van der Waals surface area contributed by atoms with Crippen LogP contribution in [0.3, 0.4) is 0 Å². The SMILES string of the molecule is CCOC(=O)c1c(C)oc(Nc2nc3cc(Cl)ccc3o2)c1C(=O)OCC. The molecule has 27 heavy (non-hydrogen) atoms. The van der Waals surface area contributed by atoms with Crippen molar-refractivity contribution in [3.05, 3.63) is 40.1 Å². The van der Waals surface area contributed by atoms with Gasteiger partial charge in [0.2, 0.25) is 5.88 Å². The zero-order chi connectivity index (χ0) is 19.6. The highest BCUT2D eigenvalue weighted by atomic mass is 35.5. The van der Waals surface area contributed by atoms with E-state index in [-0.39, 0.29) is 42.0 Å². The van der Waals surface area contributed by atoms with Gasteiger partial charge in [0, 0.05) is 5.02 Å². The van der Waals surface area contributed by atoms with Crippen LogP contribution in [-0.4, -0.2) is 30.1 Å². The average molecular weight is 393 g/mol. The Morgan fingerprint density at radius 2 is 1.78 bits per heavy atom. The summed E-state index contributed by atoms with van der Waals surface area (Å²) >= 11 is 5.95. The fourth-order valence-electron chi connectivity index (χ4n) is 2.53. The first-order chi connectivity index (χ1) is 12.9. The molecule has 0 unspecified atom stereocenters. The topological polar surface area (TPSA) is 104 Å². The number of nitrogens with zero attached hydrogens (tertiary/aromatic N) is 1. The highest BCUT2D eigenvalue weighted by Gasteiger charge is 2.31. The largest absolute Gasteiger partial charge is 0.462 e. The van der Waals surface area contributed by atoms with Gasteiger partial charge in [0.05, 0.1) is 13.2 Å². The molecule has 0 atom stereocenters. The van der Waals surface area contributed by atoms with Crippen LogP contribution in [-0.2, 0) is 9.47 Å². The number of fused-ring (bicyclic) bond motifs is 1. The van der Waals surface area contributed by atoms with Crippen LogP contribution in [0.15, 0.2) is 27.0 Å². The number of halogens is 1. The fourth-order valence-corrected chi connectivity index (χ4v) is 2.70. The van der Waals surface area contributed by atoms with Crippen molar-refractivity contribution in [2.45, 2.75) is 20.8 Å². The number of hydrogen-bond donors (Lipinski definition) is 1. The van der Waals surface area contributed by atoms with Crippen LogP contribution in [0, 0.1) is 6.92 Å². The van der Waals surface area contributed by atoms with Crippen LogP contribution in [0.25, 0.3) is 11.1 Å². The molecule has 0 spiro atoms. The quantitative estimate of drug-likeness (QED) is 0.612. The molecule has 3 aromatic rings. The van der Waals surface area contributed by atoms with E-state index in [1.807, 2.05) is 0 Å². The maximum atomic E-state index is 12.4. The first-order valence-electron chi connectivity index (χ1n) is 8.25. The highest BCUT2D eigenvalue weighted by Crippen LogP contribution is 2.32. The summed E-state index contributed by atoms with van der Waals surface area (Å²) in [6.45, 7) is 5.16. The molecular formula is C18H17ClN2O6. The molecule has 0 aliphatic heterocycles. The number of carbonyl (C=O) groups excluding carboxylic acids is 2. The van der Waals surface area contributed by atoms with Gasteiger partial charge in [0.1, 0.15) is 22.4 Å². The van der Waals surface area contributed by atoms with Crippen LogP contribution in [0.5, 0.6) is 0 Å². The Hall–Kier alpha value is -3.00. The van der Waals surface area contributed by atoms with Gasteiger partial charge in [-0.1, -0.05) is 11.6 Å². The fraction of sp³-hybridized carbons (Fsp3) is 0.278. The molecule has 2 heterocycles. The molecule has 1 N–H and O–H groups in total. The molecule has 0 bridgehead atoms. The number of hydrogen-bond acceptors (Lipinski definition) is 8. The summed E-state index contributed by atoms with van der Waals surface area (Å²) in [6, 6.07) is 5.04. The number of carbonyl (C=O) groups is 2. The number of rotatable bonds is 6. The number of aryl methyl sites for hydroxylation is 1. The lowest BCUT2D eigenvalue weighted by molar-refractivity contribution is 0.0480. The number of anilines is 2. The van der Waals surface area contributed by atoms with Crippen molar-refractivity contribution in [2.75, 3.05) is 18.5 Å².